The van der Waals surface area contributed by atoms with Gasteiger partial charge >= 0.3 is 5.97 Å². The van der Waals surface area contributed by atoms with Crippen molar-refractivity contribution in [3.05, 3.63) is 0 Å². The molecule has 1 aliphatic carbocycles. The molecule has 0 heterocycles. The van der Waals surface area contributed by atoms with Crippen LogP contribution < -0.4 is 5.73 Å². The molecule has 0 spiro atoms. The van der Waals surface area contributed by atoms with Crippen LogP contribution in [0.25, 0.3) is 0 Å². The second-order valence-electron chi connectivity index (χ2n) is 5.47. The fourth-order valence-electron chi connectivity index (χ4n) is 2.88. The maximum absolute atomic E-state index is 11.8. The van der Waals surface area contributed by atoms with E-state index in [1.165, 1.54) is 7.11 Å². The summed E-state index contributed by atoms with van der Waals surface area (Å²) in [5.74, 6) is -0.306. The number of esters is 1. The number of carbonyl (C=O) groups is 1. The summed E-state index contributed by atoms with van der Waals surface area (Å²) in [6, 6.07) is 0.287. The van der Waals surface area contributed by atoms with Gasteiger partial charge in [0.2, 0.25) is 0 Å². The van der Waals surface area contributed by atoms with E-state index in [9.17, 15) is 4.79 Å². The number of nitrogens with zero attached hydrogens (tertiary/aromatic N) is 1. The van der Waals surface area contributed by atoms with Gasteiger partial charge in [0.15, 0.2) is 0 Å². The number of hydrogen-bond acceptors (Lipinski definition) is 6. The van der Waals surface area contributed by atoms with Crippen LogP contribution in [0.3, 0.4) is 0 Å². The molecule has 6 nitrogen and oxygen atoms in total. The maximum atomic E-state index is 11.8. The van der Waals surface area contributed by atoms with Gasteiger partial charge in [-0.05, 0) is 33.1 Å². The molecule has 0 amide bonds. The Morgan fingerprint density at radius 1 is 1.24 bits per heavy atom. The van der Waals surface area contributed by atoms with Crippen LogP contribution in [0, 0.1) is 0 Å². The van der Waals surface area contributed by atoms with Gasteiger partial charge in [-0.3, -0.25) is 9.69 Å². The van der Waals surface area contributed by atoms with Gasteiger partial charge in [-0.25, -0.2) is 0 Å². The molecule has 0 aromatic heterocycles. The fourth-order valence-corrected chi connectivity index (χ4v) is 2.88. The van der Waals surface area contributed by atoms with Gasteiger partial charge in [0.05, 0.1) is 20.3 Å². The summed E-state index contributed by atoms with van der Waals surface area (Å²) in [5.41, 5.74) is 5.35. The molecule has 0 bridgehead atoms. The van der Waals surface area contributed by atoms with Crippen molar-refractivity contribution in [3.8, 4) is 0 Å². The highest BCUT2D eigenvalue weighted by Crippen LogP contribution is 2.32. The predicted molar refractivity (Wildman–Crippen MR) is 81.1 cm³/mol. The topological polar surface area (TPSA) is 74.0 Å². The molecule has 6 heteroatoms. The van der Waals surface area contributed by atoms with E-state index >= 15 is 0 Å². The molecular formula is C15H30N2O4. The maximum Gasteiger partial charge on any atom is 0.325 e. The van der Waals surface area contributed by atoms with Crippen LogP contribution in [0.1, 0.15) is 33.1 Å². The monoisotopic (exact) mass is 302 g/mol. The number of carbonyl (C=O) groups excluding carboxylic acids is 1. The highest BCUT2D eigenvalue weighted by molar-refractivity contribution is 5.81. The first-order valence-electron chi connectivity index (χ1n) is 7.84. The van der Waals surface area contributed by atoms with Crippen molar-refractivity contribution >= 4 is 5.97 Å². The average Bonchev–Trinajstić information content (AvgIpc) is 2.89. The first-order valence-corrected chi connectivity index (χ1v) is 7.84. The molecule has 0 aromatic carbocycles. The first kappa shape index (κ1) is 18.4. The van der Waals surface area contributed by atoms with Crippen molar-refractivity contribution in [3.63, 3.8) is 0 Å². The molecule has 2 unspecified atom stereocenters. The molecular weight excluding hydrogens is 272 g/mol. The summed E-state index contributed by atoms with van der Waals surface area (Å²) < 4.78 is 15.7. The number of rotatable bonds is 10. The molecule has 0 radical (unpaired) electrons. The molecule has 2 atom stereocenters. The summed E-state index contributed by atoms with van der Waals surface area (Å²) in [6.45, 7) is 8.46. The lowest BCUT2D eigenvalue weighted by atomic mass is 9.99. The second kappa shape index (κ2) is 9.35. The van der Waals surface area contributed by atoms with Crippen LogP contribution in [0.2, 0.25) is 0 Å². The minimum Gasteiger partial charge on any atom is -0.468 e. The highest BCUT2D eigenvalue weighted by Gasteiger charge is 2.44. The molecule has 1 saturated carbocycles. The number of methoxy groups -OCH3 is 1. The van der Waals surface area contributed by atoms with Gasteiger partial charge in [0.25, 0.3) is 0 Å². The average molecular weight is 302 g/mol. The lowest BCUT2D eigenvalue weighted by molar-refractivity contribution is -0.147. The Morgan fingerprint density at radius 2 is 1.81 bits per heavy atom. The standard InChI is InChI=1S/C15H30N2O4/c1-4-20-10-8-17(9-11-21-5-2)13-6-7-15(16,12-13)14(18)19-3/h13H,4-12,16H2,1-3H3. The molecule has 1 fully saturated rings. The van der Waals surface area contributed by atoms with Gasteiger partial charge < -0.3 is 19.9 Å². The van der Waals surface area contributed by atoms with Crippen molar-refractivity contribution in [2.45, 2.75) is 44.7 Å². The Bertz CT molecular complexity index is 304. The summed E-state index contributed by atoms with van der Waals surface area (Å²) in [7, 11) is 1.40. The van der Waals surface area contributed by atoms with E-state index in [0.29, 0.717) is 39.3 Å². The zero-order chi connectivity index (χ0) is 15.7. The van der Waals surface area contributed by atoms with Crippen LogP contribution in [0.4, 0.5) is 0 Å². The Balaban J connectivity index is 2.55. The Hall–Kier alpha value is -0.690. The predicted octanol–water partition coefficient (Wildman–Crippen LogP) is 0.784. The highest BCUT2D eigenvalue weighted by atomic mass is 16.5. The largest absolute Gasteiger partial charge is 0.468 e. The molecule has 21 heavy (non-hydrogen) atoms. The molecule has 0 saturated heterocycles. The second-order valence-corrected chi connectivity index (χ2v) is 5.47. The Kier molecular flexibility index (Phi) is 8.18. The first-order chi connectivity index (χ1) is 10.1. The van der Waals surface area contributed by atoms with Crippen molar-refractivity contribution in [2.75, 3.05) is 46.6 Å². The fraction of sp³-hybridized carbons (Fsp3) is 0.933. The van der Waals surface area contributed by atoms with Crippen LogP contribution >= 0.6 is 0 Å². The van der Waals surface area contributed by atoms with Crippen molar-refractivity contribution < 1.29 is 19.0 Å². The van der Waals surface area contributed by atoms with E-state index in [2.05, 4.69) is 4.90 Å². The van der Waals surface area contributed by atoms with Gasteiger partial charge in [-0.1, -0.05) is 0 Å². The van der Waals surface area contributed by atoms with Crippen LogP contribution in [-0.2, 0) is 19.0 Å². The Labute approximate surface area is 127 Å². The van der Waals surface area contributed by atoms with Crippen molar-refractivity contribution in [1.82, 2.24) is 4.90 Å². The Morgan fingerprint density at radius 3 is 2.29 bits per heavy atom. The molecule has 124 valence electrons. The minimum absolute atomic E-state index is 0.287. The minimum atomic E-state index is -0.838. The third kappa shape index (κ3) is 5.54. The van der Waals surface area contributed by atoms with E-state index in [-0.39, 0.29) is 12.0 Å². The smallest absolute Gasteiger partial charge is 0.325 e. The van der Waals surface area contributed by atoms with Crippen LogP contribution in [0.5, 0.6) is 0 Å². The number of hydrogen-bond donors (Lipinski definition) is 1. The molecule has 0 aromatic rings. The van der Waals surface area contributed by atoms with Gasteiger partial charge in [0, 0.05) is 32.3 Å². The van der Waals surface area contributed by atoms with Crippen LogP contribution in [0.15, 0.2) is 0 Å². The lowest BCUT2D eigenvalue weighted by Crippen LogP contribution is -2.48. The SMILES string of the molecule is CCOCCN(CCOCC)C1CCC(N)(C(=O)OC)C1. The van der Waals surface area contributed by atoms with Crippen molar-refractivity contribution in [2.24, 2.45) is 5.73 Å². The number of ether oxygens (including phenoxy) is 3. The van der Waals surface area contributed by atoms with E-state index in [0.717, 1.165) is 19.5 Å². The quantitative estimate of drug-likeness (QED) is 0.475. The van der Waals surface area contributed by atoms with E-state index in [4.69, 9.17) is 19.9 Å². The normalized spacial score (nSPS) is 25.5. The molecule has 1 aliphatic rings. The molecule has 1 rings (SSSR count). The van der Waals surface area contributed by atoms with Gasteiger partial charge in [-0.15, -0.1) is 0 Å². The van der Waals surface area contributed by atoms with Crippen molar-refractivity contribution in [1.29, 1.82) is 0 Å². The molecule has 2 N–H and O–H groups in total. The molecule has 0 aliphatic heterocycles. The zero-order valence-electron chi connectivity index (χ0n) is 13.6. The number of nitrogens with two attached hydrogens (primary N) is 1. The zero-order valence-corrected chi connectivity index (χ0v) is 13.6. The summed E-state index contributed by atoms with van der Waals surface area (Å²) in [5, 5.41) is 0. The van der Waals surface area contributed by atoms with Gasteiger partial charge in [-0.2, -0.15) is 0 Å². The summed E-state index contributed by atoms with van der Waals surface area (Å²) in [4.78, 5) is 14.1. The van der Waals surface area contributed by atoms with E-state index in [1.54, 1.807) is 0 Å². The van der Waals surface area contributed by atoms with Gasteiger partial charge in [0.1, 0.15) is 5.54 Å². The third-order valence-electron chi connectivity index (χ3n) is 4.09. The summed E-state index contributed by atoms with van der Waals surface area (Å²) in [6.07, 6.45) is 2.21. The van der Waals surface area contributed by atoms with Crippen LogP contribution in [-0.4, -0.2) is 69.1 Å². The third-order valence-corrected chi connectivity index (χ3v) is 4.09. The lowest BCUT2D eigenvalue weighted by Gasteiger charge is -2.30. The van der Waals surface area contributed by atoms with E-state index in [1.807, 2.05) is 13.8 Å². The van der Waals surface area contributed by atoms with E-state index < -0.39 is 5.54 Å². The summed E-state index contributed by atoms with van der Waals surface area (Å²) >= 11 is 0.